The van der Waals surface area contributed by atoms with Gasteiger partial charge in [-0.25, -0.2) is 4.79 Å². The van der Waals surface area contributed by atoms with Crippen molar-refractivity contribution in [1.29, 1.82) is 0 Å². The minimum Gasteiger partial charge on any atom is -0.408 e. The van der Waals surface area contributed by atoms with Crippen LogP contribution in [0.15, 0.2) is 75.9 Å². The number of halogens is 1. The Morgan fingerprint density at radius 1 is 1.07 bits per heavy atom. The van der Waals surface area contributed by atoms with Gasteiger partial charge in [0.25, 0.3) is 0 Å². The van der Waals surface area contributed by atoms with E-state index in [1.807, 2.05) is 55.5 Å². The van der Waals surface area contributed by atoms with Crippen LogP contribution in [0.2, 0.25) is 5.02 Å². The van der Waals surface area contributed by atoms with Gasteiger partial charge in [0.2, 0.25) is 5.91 Å². The van der Waals surface area contributed by atoms with E-state index < -0.39 is 5.76 Å². The molecule has 2 aromatic carbocycles. The van der Waals surface area contributed by atoms with Crippen LogP contribution in [0.5, 0.6) is 0 Å². The van der Waals surface area contributed by atoms with E-state index in [9.17, 15) is 9.59 Å². The first kappa shape index (κ1) is 19.9. The van der Waals surface area contributed by atoms with Crippen molar-refractivity contribution in [2.75, 3.05) is 0 Å². The Kier molecular flexibility index (Phi) is 5.68. The number of nitrogens with zero attached hydrogens (tertiary/aromatic N) is 3. The minimum absolute atomic E-state index is 0.148. The number of benzene rings is 2. The van der Waals surface area contributed by atoms with E-state index >= 15 is 0 Å². The van der Waals surface area contributed by atoms with E-state index in [1.54, 1.807) is 23.1 Å². The highest BCUT2D eigenvalue weighted by Crippen LogP contribution is 2.19. The zero-order valence-electron chi connectivity index (χ0n) is 16.4. The summed E-state index contributed by atoms with van der Waals surface area (Å²) < 4.78 is 6.56. The van der Waals surface area contributed by atoms with Gasteiger partial charge in [-0.05, 0) is 42.8 Å². The summed E-state index contributed by atoms with van der Waals surface area (Å²) in [4.78, 5) is 31.8. The Balaban J connectivity index is 1.64. The maximum absolute atomic E-state index is 13.2. The third kappa shape index (κ3) is 4.44. The average molecular weight is 422 g/mol. The first-order valence-electron chi connectivity index (χ1n) is 9.53. The number of aromatic nitrogens is 2. The fraction of sp³-hybridized carbons (Fsp3) is 0.174. The van der Waals surface area contributed by atoms with Crippen LogP contribution >= 0.6 is 11.6 Å². The molecule has 152 valence electrons. The summed E-state index contributed by atoms with van der Waals surface area (Å²) in [7, 11) is 0. The molecule has 0 saturated heterocycles. The predicted molar refractivity (Wildman–Crippen MR) is 115 cm³/mol. The number of amides is 1. The minimum atomic E-state index is -0.589. The summed E-state index contributed by atoms with van der Waals surface area (Å²) in [5.41, 5.74) is 3.55. The SMILES string of the molecule is Cc1cccc(CN(Cc2ccccc2)C(=O)Cn2c(=O)oc3ccc(Cl)cc32)n1. The Labute approximate surface area is 178 Å². The van der Waals surface area contributed by atoms with Gasteiger partial charge in [-0.2, -0.15) is 0 Å². The highest BCUT2D eigenvalue weighted by Gasteiger charge is 2.19. The lowest BCUT2D eigenvalue weighted by Crippen LogP contribution is -2.35. The van der Waals surface area contributed by atoms with Crippen LogP contribution in [0.1, 0.15) is 17.0 Å². The van der Waals surface area contributed by atoms with Crippen LogP contribution in [-0.4, -0.2) is 20.4 Å². The second kappa shape index (κ2) is 8.55. The molecule has 0 atom stereocenters. The predicted octanol–water partition coefficient (Wildman–Crippen LogP) is 4.18. The van der Waals surface area contributed by atoms with Gasteiger partial charge < -0.3 is 9.32 Å². The number of hydrogen-bond donors (Lipinski definition) is 0. The summed E-state index contributed by atoms with van der Waals surface area (Å²) in [6.07, 6.45) is 0. The molecule has 7 heteroatoms. The molecule has 0 bridgehead atoms. The maximum Gasteiger partial charge on any atom is 0.420 e. The van der Waals surface area contributed by atoms with Gasteiger partial charge in [-0.3, -0.25) is 14.3 Å². The van der Waals surface area contributed by atoms with E-state index in [-0.39, 0.29) is 12.5 Å². The van der Waals surface area contributed by atoms with E-state index in [0.29, 0.717) is 29.2 Å². The fourth-order valence-electron chi connectivity index (χ4n) is 3.34. The van der Waals surface area contributed by atoms with Crippen molar-refractivity contribution in [3.05, 3.63) is 99.3 Å². The molecular weight excluding hydrogens is 402 g/mol. The van der Waals surface area contributed by atoms with Crippen LogP contribution in [0.25, 0.3) is 11.1 Å². The fourth-order valence-corrected chi connectivity index (χ4v) is 3.51. The highest BCUT2D eigenvalue weighted by molar-refractivity contribution is 6.31. The van der Waals surface area contributed by atoms with Gasteiger partial charge in [0.05, 0.1) is 17.8 Å². The molecular formula is C23H20ClN3O3. The van der Waals surface area contributed by atoms with E-state index in [4.69, 9.17) is 16.0 Å². The smallest absolute Gasteiger partial charge is 0.408 e. The molecule has 0 aliphatic heterocycles. The summed E-state index contributed by atoms with van der Waals surface area (Å²) in [6.45, 7) is 2.50. The molecule has 2 aromatic heterocycles. The summed E-state index contributed by atoms with van der Waals surface area (Å²) in [6, 6.07) is 20.3. The van der Waals surface area contributed by atoms with Gasteiger partial charge in [0.15, 0.2) is 5.58 Å². The van der Waals surface area contributed by atoms with Gasteiger partial charge in [-0.15, -0.1) is 0 Å². The second-order valence-electron chi connectivity index (χ2n) is 7.07. The second-order valence-corrected chi connectivity index (χ2v) is 7.51. The molecule has 0 aliphatic rings. The first-order valence-corrected chi connectivity index (χ1v) is 9.90. The number of carbonyl (C=O) groups is 1. The zero-order chi connectivity index (χ0) is 21.1. The largest absolute Gasteiger partial charge is 0.420 e. The van der Waals surface area contributed by atoms with Crippen LogP contribution in [-0.2, 0) is 24.4 Å². The molecule has 0 N–H and O–H groups in total. The molecule has 2 heterocycles. The third-order valence-corrected chi connectivity index (χ3v) is 5.03. The van der Waals surface area contributed by atoms with Crippen molar-refractivity contribution in [3.63, 3.8) is 0 Å². The van der Waals surface area contributed by atoms with Crippen LogP contribution < -0.4 is 5.76 Å². The topological polar surface area (TPSA) is 68.3 Å². The van der Waals surface area contributed by atoms with E-state index in [0.717, 1.165) is 17.0 Å². The summed E-state index contributed by atoms with van der Waals surface area (Å²) in [5.74, 6) is -0.805. The van der Waals surface area contributed by atoms with Crippen molar-refractivity contribution < 1.29 is 9.21 Å². The normalized spacial score (nSPS) is 11.0. The van der Waals surface area contributed by atoms with Crippen molar-refractivity contribution in [2.45, 2.75) is 26.6 Å². The number of pyridine rings is 1. The highest BCUT2D eigenvalue weighted by atomic mass is 35.5. The molecule has 0 unspecified atom stereocenters. The van der Waals surface area contributed by atoms with Crippen molar-refractivity contribution in [2.24, 2.45) is 0 Å². The molecule has 0 spiro atoms. The molecule has 6 nitrogen and oxygen atoms in total. The molecule has 0 aliphatic carbocycles. The Hall–Kier alpha value is -3.38. The lowest BCUT2D eigenvalue weighted by atomic mass is 10.2. The van der Waals surface area contributed by atoms with Crippen molar-refractivity contribution in [3.8, 4) is 0 Å². The number of rotatable bonds is 6. The molecule has 0 radical (unpaired) electrons. The average Bonchev–Trinajstić information content (AvgIpc) is 3.03. The Morgan fingerprint density at radius 2 is 1.87 bits per heavy atom. The van der Waals surface area contributed by atoms with E-state index in [1.165, 1.54) is 4.57 Å². The van der Waals surface area contributed by atoms with Gasteiger partial charge in [0.1, 0.15) is 6.54 Å². The quantitative estimate of drug-likeness (QED) is 0.468. The number of carbonyl (C=O) groups excluding carboxylic acids is 1. The maximum atomic E-state index is 13.2. The monoisotopic (exact) mass is 421 g/mol. The first-order chi connectivity index (χ1) is 14.5. The van der Waals surface area contributed by atoms with Crippen LogP contribution in [0.3, 0.4) is 0 Å². The zero-order valence-corrected chi connectivity index (χ0v) is 17.2. The lowest BCUT2D eigenvalue weighted by molar-refractivity contribution is -0.133. The Morgan fingerprint density at radius 3 is 2.63 bits per heavy atom. The molecule has 4 aromatic rings. The van der Waals surface area contributed by atoms with E-state index in [2.05, 4.69) is 4.98 Å². The number of oxazole rings is 1. The number of aryl methyl sites for hydroxylation is 1. The summed E-state index contributed by atoms with van der Waals surface area (Å²) >= 11 is 6.07. The van der Waals surface area contributed by atoms with Crippen molar-refractivity contribution in [1.82, 2.24) is 14.5 Å². The van der Waals surface area contributed by atoms with Crippen LogP contribution in [0.4, 0.5) is 0 Å². The summed E-state index contributed by atoms with van der Waals surface area (Å²) in [5, 5.41) is 0.467. The molecule has 1 amide bonds. The standard InChI is InChI=1S/C23H20ClN3O3/c1-16-6-5-9-19(25-16)14-26(13-17-7-3-2-4-8-17)22(28)15-27-20-12-18(24)10-11-21(20)30-23(27)29/h2-12H,13-15H2,1H3. The Bertz CT molecular complexity index is 1250. The van der Waals surface area contributed by atoms with Crippen LogP contribution in [0, 0.1) is 6.92 Å². The molecule has 0 fully saturated rings. The number of hydrogen-bond acceptors (Lipinski definition) is 4. The number of fused-ring (bicyclic) bond motifs is 1. The molecule has 0 saturated carbocycles. The van der Waals surface area contributed by atoms with Crippen molar-refractivity contribution >= 4 is 28.6 Å². The molecule has 30 heavy (non-hydrogen) atoms. The van der Waals surface area contributed by atoms with Gasteiger partial charge in [-0.1, -0.05) is 48.0 Å². The van der Waals surface area contributed by atoms with Gasteiger partial charge in [0, 0.05) is 17.3 Å². The lowest BCUT2D eigenvalue weighted by Gasteiger charge is -2.23. The van der Waals surface area contributed by atoms with Gasteiger partial charge >= 0.3 is 5.76 Å². The third-order valence-electron chi connectivity index (χ3n) is 4.79. The molecule has 4 rings (SSSR count).